The van der Waals surface area contributed by atoms with Gasteiger partial charge in [-0.25, -0.2) is 10.2 Å². The highest BCUT2D eigenvalue weighted by atomic mass is 35.5. The largest absolute Gasteiger partial charge is 0.487 e. The number of halogens is 3. The van der Waals surface area contributed by atoms with Crippen molar-refractivity contribution < 1.29 is 13.9 Å². The Kier molecular flexibility index (Phi) is 5.01. The maximum Gasteiger partial charge on any atom is 0.265 e. The number of benzene rings is 2. The van der Waals surface area contributed by atoms with E-state index in [1.165, 1.54) is 24.3 Å². The molecule has 0 atom stereocenters. The van der Waals surface area contributed by atoms with Gasteiger partial charge in [0.2, 0.25) is 0 Å². The first-order valence-corrected chi connectivity index (χ1v) is 6.64. The first kappa shape index (κ1) is 15.6. The number of hydrogen-bond acceptors (Lipinski definition) is 3. The van der Waals surface area contributed by atoms with Crippen molar-refractivity contribution >= 4 is 29.1 Å². The summed E-state index contributed by atoms with van der Waals surface area (Å²) in [5.74, 6) is 4.35. The van der Waals surface area contributed by atoms with Gasteiger partial charge >= 0.3 is 0 Å². The van der Waals surface area contributed by atoms with Crippen molar-refractivity contribution in [2.45, 2.75) is 6.61 Å². The van der Waals surface area contributed by atoms with Gasteiger partial charge in [-0.3, -0.25) is 10.2 Å². The number of carbonyl (C=O) groups is 1. The van der Waals surface area contributed by atoms with Crippen molar-refractivity contribution in [1.82, 2.24) is 5.43 Å². The Labute approximate surface area is 130 Å². The quantitative estimate of drug-likeness (QED) is 0.514. The van der Waals surface area contributed by atoms with Gasteiger partial charge in [-0.1, -0.05) is 23.2 Å². The number of nitrogens with one attached hydrogen (secondary N) is 1. The van der Waals surface area contributed by atoms with Crippen LogP contribution in [-0.4, -0.2) is 5.91 Å². The fourth-order valence-electron chi connectivity index (χ4n) is 1.65. The molecule has 2 rings (SSSR count). The monoisotopic (exact) mass is 328 g/mol. The van der Waals surface area contributed by atoms with E-state index in [1.807, 2.05) is 5.43 Å². The second kappa shape index (κ2) is 6.76. The normalized spacial score (nSPS) is 10.3. The van der Waals surface area contributed by atoms with Crippen LogP contribution in [0.2, 0.25) is 10.0 Å². The van der Waals surface area contributed by atoms with Crippen molar-refractivity contribution in [2.24, 2.45) is 5.84 Å². The molecule has 0 spiro atoms. The van der Waals surface area contributed by atoms with Crippen LogP contribution in [0.25, 0.3) is 0 Å². The molecule has 4 nitrogen and oxygen atoms in total. The zero-order valence-electron chi connectivity index (χ0n) is 10.7. The summed E-state index contributed by atoms with van der Waals surface area (Å²) in [7, 11) is 0. The lowest BCUT2D eigenvalue weighted by molar-refractivity contribution is 0.0953. The van der Waals surface area contributed by atoms with E-state index < -0.39 is 11.7 Å². The van der Waals surface area contributed by atoms with Crippen molar-refractivity contribution in [2.75, 3.05) is 0 Å². The van der Waals surface area contributed by atoms with E-state index in [4.69, 9.17) is 33.8 Å². The number of ether oxygens (including phenoxy) is 1. The molecule has 0 aliphatic carbocycles. The minimum absolute atomic E-state index is 0.0996. The highest BCUT2D eigenvalue weighted by molar-refractivity contribution is 6.34. The Balaban J connectivity index is 2.19. The van der Waals surface area contributed by atoms with Gasteiger partial charge in [0.25, 0.3) is 5.91 Å². The lowest BCUT2D eigenvalue weighted by atomic mass is 10.1. The number of hydrazine groups is 1. The fourth-order valence-corrected chi connectivity index (χ4v) is 1.99. The predicted molar refractivity (Wildman–Crippen MR) is 78.8 cm³/mol. The number of nitrogen functional groups attached to an aromatic ring is 1. The van der Waals surface area contributed by atoms with E-state index in [-0.39, 0.29) is 17.7 Å². The number of rotatable bonds is 4. The Morgan fingerprint density at radius 1 is 1.24 bits per heavy atom. The van der Waals surface area contributed by atoms with E-state index >= 15 is 0 Å². The van der Waals surface area contributed by atoms with Gasteiger partial charge in [0, 0.05) is 22.2 Å². The second-order valence-electron chi connectivity index (χ2n) is 4.14. The molecule has 1 amide bonds. The summed E-state index contributed by atoms with van der Waals surface area (Å²) in [5, 5.41) is 0.807. The first-order valence-electron chi connectivity index (χ1n) is 5.88. The molecular weight excluding hydrogens is 318 g/mol. The molecule has 21 heavy (non-hydrogen) atoms. The van der Waals surface area contributed by atoms with E-state index in [2.05, 4.69) is 0 Å². The summed E-state index contributed by atoms with van der Waals surface area (Å²) < 4.78 is 19.2. The highest BCUT2D eigenvalue weighted by Gasteiger charge is 2.10. The van der Waals surface area contributed by atoms with Crippen LogP contribution in [0.3, 0.4) is 0 Å². The van der Waals surface area contributed by atoms with Crippen LogP contribution in [0.5, 0.6) is 5.75 Å². The summed E-state index contributed by atoms with van der Waals surface area (Å²) in [6.07, 6.45) is 0. The molecule has 0 aliphatic rings. The molecular formula is C14H11Cl2FN2O2. The first-order chi connectivity index (χ1) is 10.0. The van der Waals surface area contributed by atoms with Crippen LogP contribution in [0.15, 0.2) is 36.4 Å². The second-order valence-corrected chi connectivity index (χ2v) is 4.99. The van der Waals surface area contributed by atoms with E-state index in [0.29, 0.717) is 15.8 Å². The number of nitrogens with two attached hydrogens (primary N) is 1. The lowest BCUT2D eigenvalue weighted by Gasteiger charge is -2.10. The summed E-state index contributed by atoms with van der Waals surface area (Å²) in [5.41, 5.74) is 2.41. The molecule has 0 radical (unpaired) electrons. The zero-order valence-corrected chi connectivity index (χ0v) is 12.2. The predicted octanol–water partition coefficient (Wildman–Crippen LogP) is 3.32. The highest BCUT2D eigenvalue weighted by Crippen LogP contribution is 2.28. The third-order valence-electron chi connectivity index (χ3n) is 2.72. The molecule has 0 saturated carbocycles. The lowest BCUT2D eigenvalue weighted by Crippen LogP contribution is -2.30. The van der Waals surface area contributed by atoms with Crippen molar-refractivity contribution in [3.8, 4) is 5.75 Å². The molecule has 2 aromatic carbocycles. The summed E-state index contributed by atoms with van der Waals surface area (Å²) >= 11 is 11.8. The summed E-state index contributed by atoms with van der Waals surface area (Å²) in [6.45, 7) is -0.0996. The SMILES string of the molecule is NNC(=O)c1ccc(F)c(COc2cc(Cl)ccc2Cl)c1. The van der Waals surface area contributed by atoms with E-state index in [1.54, 1.807) is 12.1 Å². The Morgan fingerprint density at radius 2 is 2.00 bits per heavy atom. The van der Waals surface area contributed by atoms with Crippen LogP contribution in [0.4, 0.5) is 4.39 Å². The van der Waals surface area contributed by atoms with Crippen molar-refractivity contribution in [1.29, 1.82) is 0 Å². The third kappa shape index (κ3) is 3.85. The molecule has 7 heteroatoms. The Morgan fingerprint density at radius 3 is 2.71 bits per heavy atom. The molecule has 0 unspecified atom stereocenters. The maximum absolute atomic E-state index is 13.7. The average molecular weight is 329 g/mol. The molecule has 2 aromatic rings. The summed E-state index contributed by atoms with van der Waals surface area (Å²) in [6, 6.07) is 8.57. The smallest absolute Gasteiger partial charge is 0.265 e. The number of carbonyl (C=O) groups excluding carboxylic acids is 1. The van der Waals surface area contributed by atoms with Gasteiger partial charge in [0.1, 0.15) is 18.2 Å². The van der Waals surface area contributed by atoms with E-state index in [9.17, 15) is 9.18 Å². The van der Waals surface area contributed by atoms with Crippen LogP contribution < -0.4 is 16.0 Å². The molecule has 0 aliphatic heterocycles. The minimum Gasteiger partial charge on any atom is -0.487 e. The van der Waals surface area contributed by atoms with Crippen LogP contribution in [0.1, 0.15) is 15.9 Å². The van der Waals surface area contributed by atoms with E-state index in [0.717, 1.165) is 0 Å². The Hall–Kier alpha value is -1.82. The Bertz CT molecular complexity index is 680. The van der Waals surface area contributed by atoms with Gasteiger partial charge in [0.15, 0.2) is 0 Å². The van der Waals surface area contributed by atoms with Gasteiger partial charge in [-0.05, 0) is 30.3 Å². The molecule has 110 valence electrons. The van der Waals surface area contributed by atoms with Crippen molar-refractivity contribution in [3.63, 3.8) is 0 Å². The average Bonchev–Trinajstić information content (AvgIpc) is 2.48. The molecule has 0 aromatic heterocycles. The fraction of sp³-hybridized carbons (Fsp3) is 0.0714. The number of hydrogen-bond donors (Lipinski definition) is 2. The molecule has 0 bridgehead atoms. The maximum atomic E-state index is 13.7. The van der Waals surface area contributed by atoms with Gasteiger partial charge in [-0.15, -0.1) is 0 Å². The summed E-state index contributed by atoms with van der Waals surface area (Å²) in [4.78, 5) is 11.4. The molecule has 0 heterocycles. The third-order valence-corrected chi connectivity index (χ3v) is 3.26. The zero-order chi connectivity index (χ0) is 15.4. The van der Waals surface area contributed by atoms with Gasteiger partial charge in [-0.2, -0.15) is 0 Å². The van der Waals surface area contributed by atoms with Gasteiger partial charge < -0.3 is 4.74 Å². The molecule has 3 N–H and O–H groups in total. The van der Waals surface area contributed by atoms with Gasteiger partial charge in [0.05, 0.1) is 5.02 Å². The van der Waals surface area contributed by atoms with Crippen LogP contribution in [-0.2, 0) is 6.61 Å². The van der Waals surface area contributed by atoms with Crippen molar-refractivity contribution in [3.05, 3.63) is 63.4 Å². The number of amides is 1. The topological polar surface area (TPSA) is 64.3 Å². The van der Waals surface area contributed by atoms with Crippen LogP contribution in [0, 0.1) is 5.82 Å². The van der Waals surface area contributed by atoms with Crippen LogP contribution >= 0.6 is 23.2 Å². The molecule has 0 saturated heterocycles. The standard InChI is InChI=1S/C14H11Cl2FN2O2/c15-10-2-3-11(16)13(6-10)21-7-9-5-8(14(20)19-18)1-4-12(9)17/h1-6H,7,18H2,(H,19,20). The molecule has 0 fully saturated rings. The minimum atomic E-state index is -0.517.